The highest BCUT2D eigenvalue weighted by Gasteiger charge is 2.40. The highest BCUT2D eigenvalue weighted by Crippen LogP contribution is 2.30. The van der Waals surface area contributed by atoms with Crippen LogP contribution < -0.4 is 0 Å². The fraction of sp³-hybridized carbons (Fsp3) is 0.600. The van der Waals surface area contributed by atoms with Crippen molar-refractivity contribution in [2.45, 2.75) is 64.0 Å². The summed E-state index contributed by atoms with van der Waals surface area (Å²) >= 11 is 5.92. The van der Waals surface area contributed by atoms with E-state index >= 15 is 0 Å². The summed E-state index contributed by atoms with van der Waals surface area (Å²) in [5.74, 6) is 0.360. The van der Waals surface area contributed by atoms with E-state index in [-0.39, 0.29) is 23.9 Å². The number of rotatable bonds is 3. The number of hydrogen-bond donors (Lipinski definition) is 0. The van der Waals surface area contributed by atoms with Crippen molar-refractivity contribution in [1.29, 1.82) is 0 Å². The number of fused-ring (bicyclic) bond motifs is 1. The average Bonchev–Trinajstić information content (AvgIpc) is 2.97. The maximum absolute atomic E-state index is 12.9. The molecule has 2 saturated heterocycles. The van der Waals surface area contributed by atoms with Gasteiger partial charge in [0.1, 0.15) is 0 Å². The molecule has 0 saturated carbocycles. The van der Waals surface area contributed by atoms with E-state index in [1.54, 1.807) is 6.92 Å². The van der Waals surface area contributed by atoms with E-state index in [0.717, 1.165) is 62.2 Å². The quantitative estimate of drug-likeness (QED) is 0.823. The first-order chi connectivity index (χ1) is 12.1. The summed E-state index contributed by atoms with van der Waals surface area (Å²) in [7, 11) is 0. The molecule has 2 amide bonds. The molecule has 5 heteroatoms. The molecule has 0 unspecified atom stereocenters. The Morgan fingerprint density at radius 2 is 1.72 bits per heavy atom. The van der Waals surface area contributed by atoms with E-state index in [1.807, 2.05) is 29.2 Å². The van der Waals surface area contributed by atoms with Crippen LogP contribution >= 0.6 is 11.6 Å². The average molecular weight is 363 g/mol. The molecule has 3 rings (SSSR count). The SMILES string of the molecule is CC(=O)N1CC[C@H]2[C@H]1CCCCCN2C(=O)CCc1ccc(Cl)cc1. The normalized spacial score (nSPS) is 23.8. The Labute approximate surface area is 155 Å². The Hall–Kier alpha value is -1.55. The van der Waals surface area contributed by atoms with Crippen LogP contribution in [0.15, 0.2) is 24.3 Å². The fourth-order valence-electron chi connectivity index (χ4n) is 4.27. The van der Waals surface area contributed by atoms with Crippen molar-refractivity contribution in [3.8, 4) is 0 Å². The minimum Gasteiger partial charge on any atom is -0.338 e. The van der Waals surface area contributed by atoms with Gasteiger partial charge in [-0.05, 0) is 43.4 Å². The maximum Gasteiger partial charge on any atom is 0.223 e. The number of aryl methyl sites for hydroxylation is 1. The van der Waals surface area contributed by atoms with Crippen molar-refractivity contribution in [3.63, 3.8) is 0 Å². The summed E-state index contributed by atoms with van der Waals surface area (Å²) in [4.78, 5) is 28.9. The zero-order chi connectivity index (χ0) is 17.8. The second-order valence-electron chi connectivity index (χ2n) is 7.20. The number of amides is 2. The molecule has 2 aliphatic rings. The zero-order valence-corrected chi connectivity index (χ0v) is 15.7. The minimum atomic E-state index is 0.140. The molecular formula is C20H27ClN2O2. The first-order valence-corrected chi connectivity index (χ1v) is 9.75. The third kappa shape index (κ3) is 4.35. The number of likely N-dealkylation sites (tertiary alicyclic amines) is 2. The summed E-state index contributed by atoms with van der Waals surface area (Å²) < 4.78 is 0. The predicted octanol–water partition coefficient (Wildman–Crippen LogP) is 3.66. The maximum atomic E-state index is 12.9. The Bertz CT molecular complexity index is 617. The molecular weight excluding hydrogens is 336 g/mol. The van der Waals surface area contributed by atoms with Crippen molar-refractivity contribution in [2.75, 3.05) is 13.1 Å². The van der Waals surface area contributed by atoms with Gasteiger partial charge >= 0.3 is 0 Å². The molecule has 0 spiro atoms. The van der Waals surface area contributed by atoms with E-state index in [9.17, 15) is 9.59 Å². The van der Waals surface area contributed by atoms with Crippen LogP contribution in [0.25, 0.3) is 0 Å². The van der Waals surface area contributed by atoms with Gasteiger partial charge in [0.15, 0.2) is 0 Å². The molecule has 1 aromatic rings. The van der Waals surface area contributed by atoms with Gasteiger partial charge in [-0.2, -0.15) is 0 Å². The molecule has 25 heavy (non-hydrogen) atoms. The number of carbonyl (C=O) groups is 2. The van der Waals surface area contributed by atoms with Gasteiger partial charge < -0.3 is 9.80 Å². The highest BCUT2D eigenvalue weighted by molar-refractivity contribution is 6.30. The first kappa shape index (κ1) is 18.2. The third-order valence-electron chi connectivity index (χ3n) is 5.58. The second-order valence-corrected chi connectivity index (χ2v) is 7.64. The van der Waals surface area contributed by atoms with Crippen molar-refractivity contribution >= 4 is 23.4 Å². The summed E-state index contributed by atoms with van der Waals surface area (Å²) in [5.41, 5.74) is 1.14. The fourth-order valence-corrected chi connectivity index (χ4v) is 4.40. The van der Waals surface area contributed by atoms with Crippen LogP contribution in [0.5, 0.6) is 0 Å². The number of carbonyl (C=O) groups excluding carboxylic acids is 2. The van der Waals surface area contributed by atoms with Gasteiger partial charge in [-0.1, -0.05) is 36.6 Å². The lowest BCUT2D eigenvalue weighted by Gasteiger charge is -2.37. The number of benzene rings is 1. The summed E-state index contributed by atoms with van der Waals surface area (Å²) in [6.07, 6.45) is 6.54. The van der Waals surface area contributed by atoms with Crippen LogP contribution in [-0.4, -0.2) is 46.8 Å². The Morgan fingerprint density at radius 1 is 1.00 bits per heavy atom. The molecule has 2 aliphatic heterocycles. The Kier molecular flexibility index (Phi) is 6.00. The molecule has 0 radical (unpaired) electrons. The molecule has 1 aromatic carbocycles. The second kappa shape index (κ2) is 8.22. The molecule has 2 atom stereocenters. The predicted molar refractivity (Wildman–Crippen MR) is 99.5 cm³/mol. The van der Waals surface area contributed by atoms with Crippen LogP contribution in [-0.2, 0) is 16.0 Å². The highest BCUT2D eigenvalue weighted by atomic mass is 35.5. The van der Waals surface area contributed by atoms with Crippen LogP contribution in [0.4, 0.5) is 0 Å². The van der Waals surface area contributed by atoms with Gasteiger partial charge in [0.2, 0.25) is 11.8 Å². The lowest BCUT2D eigenvalue weighted by atomic mass is 9.96. The van der Waals surface area contributed by atoms with Crippen molar-refractivity contribution < 1.29 is 9.59 Å². The lowest BCUT2D eigenvalue weighted by Crippen LogP contribution is -2.50. The largest absolute Gasteiger partial charge is 0.338 e. The molecule has 0 aliphatic carbocycles. The van der Waals surface area contributed by atoms with E-state index < -0.39 is 0 Å². The smallest absolute Gasteiger partial charge is 0.223 e. The van der Waals surface area contributed by atoms with Crippen LogP contribution in [0.2, 0.25) is 5.02 Å². The minimum absolute atomic E-state index is 0.140. The monoisotopic (exact) mass is 362 g/mol. The summed E-state index contributed by atoms with van der Waals surface area (Å²) in [6, 6.07) is 8.11. The van der Waals surface area contributed by atoms with Gasteiger partial charge in [0.25, 0.3) is 0 Å². The number of nitrogens with zero attached hydrogens (tertiary/aromatic N) is 2. The number of halogens is 1. The molecule has 2 fully saturated rings. The third-order valence-corrected chi connectivity index (χ3v) is 5.83. The molecule has 0 aromatic heterocycles. The van der Waals surface area contributed by atoms with Crippen LogP contribution in [0, 0.1) is 0 Å². The van der Waals surface area contributed by atoms with Gasteiger partial charge in [-0.3, -0.25) is 9.59 Å². The van der Waals surface area contributed by atoms with Crippen molar-refractivity contribution in [2.24, 2.45) is 0 Å². The topological polar surface area (TPSA) is 40.6 Å². The lowest BCUT2D eigenvalue weighted by molar-refractivity contribution is -0.137. The van der Waals surface area contributed by atoms with Crippen molar-refractivity contribution in [1.82, 2.24) is 9.80 Å². The van der Waals surface area contributed by atoms with Crippen molar-refractivity contribution in [3.05, 3.63) is 34.9 Å². The van der Waals surface area contributed by atoms with Gasteiger partial charge in [-0.25, -0.2) is 0 Å². The van der Waals surface area contributed by atoms with Gasteiger partial charge in [0.05, 0.1) is 12.1 Å². The molecule has 4 nitrogen and oxygen atoms in total. The zero-order valence-electron chi connectivity index (χ0n) is 14.9. The van der Waals surface area contributed by atoms with Gasteiger partial charge in [0, 0.05) is 31.5 Å². The molecule has 0 bridgehead atoms. The van der Waals surface area contributed by atoms with E-state index in [0.29, 0.717) is 6.42 Å². The number of hydrogen-bond acceptors (Lipinski definition) is 2. The Balaban J connectivity index is 1.66. The van der Waals surface area contributed by atoms with E-state index in [1.165, 1.54) is 0 Å². The summed E-state index contributed by atoms with van der Waals surface area (Å²) in [6.45, 7) is 3.26. The molecule has 0 N–H and O–H groups in total. The standard InChI is InChI=1S/C20H27ClN2O2/c1-15(24)22-14-12-19-18(22)5-3-2-4-13-23(19)20(25)11-8-16-6-9-17(21)10-7-16/h6-7,9-10,18-19H,2-5,8,11-14H2,1H3/t18-,19+/m1/s1. The molecule has 2 heterocycles. The summed E-state index contributed by atoms with van der Waals surface area (Å²) in [5, 5.41) is 0.719. The van der Waals surface area contributed by atoms with Crippen LogP contribution in [0.3, 0.4) is 0 Å². The van der Waals surface area contributed by atoms with E-state index in [4.69, 9.17) is 11.6 Å². The Morgan fingerprint density at radius 3 is 2.44 bits per heavy atom. The first-order valence-electron chi connectivity index (χ1n) is 9.37. The molecule has 136 valence electrons. The van der Waals surface area contributed by atoms with Gasteiger partial charge in [-0.15, -0.1) is 0 Å². The van der Waals surface area contributed by atoms with E-state index in [2.05, 4.69) is 4.90 Å². The van der Waals surface area contributed by atoms with Crippen LogP contribution in [0.1, 0.15) is 51.0 Å².